The molecule has 8 heteroatoms. The van der Waals surface area contributed by atoms with Crippen molar-refractivity contribution in [2.45, 2.75) is 108 Å². The first kappa shape index (κ1) is 31.5. The Morgan fingerprint density at radius 2 is 1.54 bits per heavy atom. The summed E-state index contributed by atoms with van der Waals surface area (Å²) in [5, 5.41) is 13.8. The van der Waals surface area contributed by atoms with Crippen molar-refractivity contribution >= 4 is 40.9 Å². The third-order valence-corrected chi connectivity index (χ3v) is 8.33. The van der Waals surface area contributed by atoms with Crippen LogP contribution in [0.25, 0.3) is 5.69 Å². The second kappa shape index (κ2) is 17.6. The number of halogens is 2. The number of unbranched alkanes of at least 4 members (excludes halogenated alkanes) is 10. The normalized spacial score (nSPS) is 12.0. The van der Waals surface area contributed by atoms with Gasteiger partial charge in [-0.05, 0) is 37.1 Å². The van der Waals surface area contributed by atoms with Crippen LogP contribution in [0.5, 0.6) is 0 Å². The molecule has 3 rings (SSSR count). The number of benzene rings is 2. The van der Waals surface area contributed by atoms with E-state index in [1.807, 2.05) is 35.8 Å². The zero-order chi connectivity index (χ0) is 27.9. The van der Waals surface area contributed by atoms with E-state index < -0.39 is 0 Å². The van der Waals surface area contributed by atoms with Gasteiger partial charge in [-0.3, -0.25) is 9.36 Å². The van der Waals surface area contributed by atoms with Crippen molar-refractivity contribution in [3.63, 3.8) is 0 Å². The molecule has 39 heavy (non-hydrogen) atoms. The van der Waals surface area contributed by atoms with Crippen LogP contribution >= 0.6 is 35.0 Å². The van der Waals surface area contributed by atoms with E-state index in [2.05, 4.69) is 34.6 Å². The highest BCUT2D eigenvalue weighted by molar-refractivity contribution is 7.98. The van der Waals surface area contributed by atoms with Gasteiger partial charge in [0.05, 0.1) is 16.8 Å². The summed E-state index contributed by atoms with van der Waals surface area (Å²) >= 11 is 14.3. The van der Waals surface area contributed by atoms with E-state index in [4.69, 9.17) is 23.2 Å². The first-order valence-corrected chi connectivity index (χ1v) is 16.1. The number of aromatic nitrogens is 3. The lowest BCUT2D eigenvalue weighted by atomic mass is 10.1. The fraction of sp³-hybridized carbons (Fsp3) is 0.516. The number of rotatable bonds is 18. The maximum absolute atomic E-state index is 12.7. The number of hydrogen-bond donors (Lipinski definition) is 1. The number of carbonyl (C=O) groups is 1. The van der Waals surface area contributed by atoms with Gasteiger partial charge >= 0.3 is 0 Å². The van der Waals surface area contributed by atoms with Crippen LogP contribution in [0, 0.1) is 0 Å². The fourth-order valence-corrected chi connectivity index (χ4v) is 6.00. The van der Waals surface area contributed by atoms with Crippen molar-refractivity contribution in [1.82, 2.24) is 20.1 Å². The first-order valence-electron chi connectivity index (χ1n) is 14.4. The number of nitrogens with zero attached hydrogens (tertiary/aromatic N) is 3. The third kappa shape index (κ3) is 10.8. The summed E-state index contributed by atoms with van der Waals surface area (Å²) in [6, 6.07) is 15.3. The Morgan fingerprint density at radius 3 is 2.18 bits per heavy atom. The van der Waals surface area contributed by atoms with Crippen LogP contribution in [0.1, 0.15) is 108 Å². The molecule has 0 saturated heterocycles. The predicted molar refractivity (Wildman–Crippen MR) is 165 cm³/mol. The van der Waals surface area contributed by atoms with Crippen LogP contribution < -0.4 is 5.32 Å². The largest absolute Gasteiger partial charge is 0.346 e. The van der Waals surface area contributed by atoms with Crippen LogP contribution in [0.4, 0.5) is 0 Å². The minimum atomic E-state index is -0.324. The molecule has 212 valence electrons. The topological polar surface area (TPSA) is 59.8 Å². The average molecular weight is 590 g/mol. The van der Waals surface area contributed by atoms with Gasteiger partial charge in [0.25, 0.3) is 0 Å². The van der Waals surface area contributed by atoms with Crippen LogP contribution in [0.2, 0.25) is 10.0 Å². The third-order valence-electron chi connectivity index (χ3n) is 6.79. The second-order valence-corrected chi connectivity index (χ2v) is 11.9. The number of nitrogens with one attached hydrogen (secondary N) is 1. The number of amides is 1. The van der Waals surface area contributed by atoms with Crippen molar-refractivity contribution in [2.24, 2.45) is 0 Å². The molecule has 0 radical (unpaired) electrons. The highest BCUT2D eigenvalue weighted by Gasteiger charge is 2.22. The summed E-state index contributed by atoms with van der Waals surface area (Å²) < 4.78 is 1.93. The van der Waals surface area contributed by atoms with Crippen LogP contribution in [0.15, 0.2) is 53.7 Å². The average Bonchev–Trinajstić information content (AvgIpc) is 3.35. The van der Waals surface area contributed by atoms with E-state index in [0.29, 0.717) is 27.4 Å². The zero-order valence-electron chi connectivity index (χ0n) is 23.3. The maximum Gasteiger partial charge on any atom is 0.220 e. The van der Waals surface area contributed by atoms with Crippen LogP contribution in [-0.4, -0.2) is 20.7 Å². The van der Waals surface area contributed by atoms with Crippen LogP contribution in [-0.2, 0) is 10.5 Å². The molecule has 3 aromatic rings. The molecule has 1 amide bonds. The van der Waals surface area contributed by atoms with Crippen LogP contribution in [0.3, 0.4) is 0 Å². The van der Waals surface area contributed by atoms with Gasteiger partial charge in [-0.15, -0.1) is 10.2 Å². The molecule has 0 spiro atoms. The van der Waals surface area contributed by atoms with E-state index in [9.17, 15) is 4.79 Å². The fourth-order valence-electron chi connectivity index (χ4n) is 4.59. The minimum absolute atomic E-state index is 0.0358. The zero-order valence-corrected chi connectivity index (χ0v) is 25.6. The molecule has 1 N–H and O–H groups in total. The van der Waals surface area contributed by atoms with Gasteiger partial charge in [0.2, 0.25) is 5.91 Å². The second-order valence-electron chi connectivity index (χ2n) is 10.1. The number of carbonyl (C=O) groups excluding carboxylic acids is 1. The summed E-state index contributed by atoms with van der Waals surface area (Å²) in [4.78, 5) is 12.7. The Labute approximate surface area is 248 Å². The Hall–Kier alpha value is -2.02. The Morgan fingerprint density at radius 1 is 0.897 bits per heavy atom. The summed E-state index contributed by atoms with van der Waals surface area (Å²) in [6.07, 6.45) is 14.4. The van der Waals surface area contributed by atoms with Gasteiger partial charge in [0.1, 0.15) is 0 Å². The van der Waals surface area contributed by atoms with Crippen molar-refractivity contribution in [2.75, 3.05) is 0 Å². The van der Waals surface area contributed by atoms with E-state index in [1.54, 1.807) is 23.9 Å². The van der Waals surface area contributed by atoms with Gasteiger partial charge in [0, 0.05) is 17.2 Å². The van der Waals surface area contributed by atoms with Crippen molar-refractivity contribution < 1.29 is 4.79 Å². The van der Waals surface area contributed by atoms with E-state index >= 15 is 0 Å². The highest BCUT2D eigenvalue weighted by atomic mass is 35.5. The standard InChI is InChI=1S/C31H42Cl2N4OS/c1-3-4-5-6-7-8-9-10-11-12-16-19-29(38)34-24(2)30-35-36-31(39-23-25-17-14-13-15-18-25)37(30)28-21-20-26(32)22-27(28)33/h13-15,17-18,20-22,24H,3-12,16,19,23H2,1-2H3,(H,34,38). The lowest BCUT2D eigenvalue weighted by molar-refractivity contribution is -0.121. The molecule has 1 atom stereocenters. The lowest BCUT2D eigenvalue weighted by Gasteiger charge is -2.17. The van der Waals surface area contributed by atoms with Crippen molar-refractivity contribution in [3.8, 4) is 5.69 Å². The van der Waals surface area contributed by atoms with Gasteiger partial charge in [-0.1, -0.05) is 136 Å². The van der Waals surface area contributed by atoms with E-state index in [1.165, 1.54) is 63.4 Å². The molecule has 1 unspecified atom stereocenters. The van der Waals surface area contributed by atoms with E-state index in [-0.39, 0.29) is 11.9 Å². The molecule has 2 aromatic carbocycles. The summed E-state index contributed by atoms with van der Waals surface area (Å²) in [6.45, 7) is 4.20. The summed E-state index contributed by atoms with van der Waals surface area (Å²) in [7, 11) is 0. The summed E-state index contributed by atoms with van der Waals surface area (Å²) in [5.74, 6) is 1.42. The van der Waals surface area contributed by atoms with Gasteiger partial charge < -0.3 is 5.32 Å². The molecule has 0 fully saturated rings. The Bertz CT molecular complexity index is 1140. The number of hydrogen-bond acceptors (Lipinski definition) is 4. The predicted octanol–water partition coefficient (Wildman–Crippen LogP) is 9.74. The molecule has 0 saturated carbocycles. The first-order chi connectivity index (χ1) is 19.0. The molecule has 1 aromatic heterocycles. The molecule has 0 aliphatic heterocycles. The lowest BCUT2D eigenvalue weighted by Crippen LogP contribution is -2.28. The molecule has 1 heterocycles. The molecule has 0 aliphatic carbocycles. The Balaban J connectivity index is 1.53. The van der Waals surface area contributed by atoms with Crippen molar-refractivity contribution in [3.05, 3.63) is 70.0 Å². The number of thioether (sulfide) groups is 1. The molecule has 5 nitrogen and oxygen atoms in total. The SMILES string of the molecule is CCCCCCCCCCCCCC(=O)NC(C)c1nnc(SCc2ccccc2)n1-c1ccc(Cl)cc1Cl. The quantitative estimate of drug-likeness (QED) is 0.119. The summed E-state index contributed by atoms with van der Waals surface area (Å²) in [5.41, 5.74) is 1.93. The van der Waals surface area contributed by atoms with E-state index in [0.717, 1.165) is 24.3 Å². The molecule has 0 aliphatic rings. The smallest absolute Gasteiger partial charge is 0.220 e. The highest BCUT2D eigenvalue weighted by Crippen LogP contribution is 2.32. The van der Waals surface area contributed by atoms with Gasteiger partial charge in [-0.25, -0.2) is 0 Å². The Kier molecular flexibility index (Phi) is 14.2. The van der Waals surface area contributed by atoms with Gasteiger partial charge in [-0.2, -0.15) is 0 Å². The maximum atomic E-state index is 12.7. The molecule has 0 bridgehead atoms. The van der Waals surface area contributed by atoms with Crippen molar-refractivity contribution in [1.29, 1.82) is 0 Å². The molecular formula is C31H42Cl2N4OS. The van der Waals surface area contributed by atoms with Gasteiger partial charge in [0.15, 0.2) is 11.0 Å². The monoisotopic (exact) mass is 588 g/mol. The minimum Gasteiger partial charge on any atom is -0.346 e. The molecular weight excluding hydrogens is 547 g/mol.